The molecule has 1 aromatic carbocycles. The predicted octanol–water partition coefficient (Wildman–Crippen LogP) is 1.90. The van der Waals surface area contributed by atoms with Crippen molar-refractivity contribution in [1.29, 1.82) is 0 Å². The Hall–Kier alpha value is -1.77. The molecule has 0 unspecified atom stereocenters. The van der Waals surface area contributed by atoms with Gasteiger partial charge < -0.3 is 9.88 Å². The molecule has 2 aromatic rings. The molecule has 0 spiro atoms. The first-order chi connectivity index (χ1) is 7.11. The lowest BCUT2D eigenvalue weighted by Crippen LogP contribution is -2.22. The van der Waals surface area contributed by atoms with E-state index in [2.05, 4.69) is 4.98 Å². The molecule has 1 heterocycles. The fraction of sp³-hybridized carbons (Fsp3) is 0.250. The van der Waals surface area contributed by atoms with Crippen LogP contribution >= 0.6 is 0 Å². The van der Waals surface area contributed by atoms with Gasteiger partial charge in [-0.05, 0) is 18.6 Å². The number of fused-ring (bicyclic) bond motifs is 1. The molecule has 0 atom stereocenters. The topological polar surface area (TPSA) is 36.1 Å². The molecule has 15 heavy (non-hydrogen) atoms. The van der Waals surface area contributed by atoms with Gasteiger partial charge >= 0.3 is 0 Å². The number of hydrogen-bond donors (Lipinski definition) is 1. The first-order valence-corrected chi connectivity index (χ1v) is 4.90. The number of nitrogens with one attached hydrogen (secondary N) is 1. The van der Waals surface area contributed by atoms with Crippen molar-refractivity contribution < 1.29 is 0 Å². The Labute approximate surface area is 88.3 Å². The Morgan fingerprint density at radius 2 is 1.87 bits per heavy atom. The van der Waals surface area contributed by atoms with E-state index in [9.17, 15) is 4.79 Å². The Morgan fingerprint density at radius 1 is 1.20 bits per heavy atom. The zero-order valence-electron chi connectivity index (χ0n) is 9.16. The molecule has 1 N–H and O–H groups in total. The van der Waals surface area contributed by atoms with Crippen LogP contribution < -0.4 is 10.5 Å². The number of aromatic nitrogens is 1. The minimum atomic E-state index is -0.0313. The lowest BCUT2D eigenvalue weighted by molar-refractivity contribution is 1.08. The van der Waals surface area contributed by atoms with E-state index in [1.54, 1.807) is 0 Å². The van der Waals surface area contributed by atoms with Gasteiger partial charge in [0.05, 0.1) is 0 Å². The van der Waals surface area contributed by atoms with Gasteiger partial charge in [0.1, 0.15) is 5.69 Å². The highest BCUT2D eigenvalue weighted by Crippen LogP contribution is 2.21. The minimum Gasteiger partial charge on any atom is -0.373 e. The second-order valence-corrected chi connectivity index (χ2v) is 3.87. The van der Waals surface area contributed by atoms with Crippen LogP contribution in [0.25, 0.3) is 10.9 Å². The molecule has 0 saturated heterocycles. The summed E-state index contributed by atoms with van der Waals surface area (Å²) in [6.45, 7) is 1.98. The molecule has 2 rings (SSSR count). The number of nitrogens with zero attached hydrogens (tertiary/aromatic N) is 1. The summed E-state index contributed by atoms with van der Waals surface area (Å²) < 4.78 is 0. The van der Waals surface area contributed by atoms with Crippen LogP contribution in [-0.4, -0.2) is 19.1 Å². The molecule has 78 valence electrons. The molecule has 0 saturated carbocycles. The van der Waals surface area contributed by atoms with Gasteiger partial charge in [0.15, 0.2) is 0 Å². The van der Waals surface area contributed by atoms with E-state index in [0.29, 0.717) is 0 Å². The average Bonchev–Trinajstić information content (AvgIpc) is 2.17. The van der Waals surface area contributed by atoms with Crippen LogP contribution in [0.3, 0.4) is 0 Å². The van der Waals surface area contributed by atoms with E-state index in [1.807, 2.05) is 50.2 Å². The van der Waals surface area contributed by atoms with Crippen molar-refractivity contribution in [1.82, 2.24) is 4.98 Å². The molecule has 0 amide bonds. The normalized spacial score (nSPS) is 10.6. The van der Waals surface area contributed by atoms with E-state index in [1.165, 1.54) is 0 Å². The Bertz CT molecular complexity index is 555. The summed E-state index contributed by atoms with van der Waals surface area (Å²) in [4.78, 5) is 16.5. The van der Waals surface area contributed by atoms with E-state index in [0.717, 1.165) is 22.2 Å². The van der Waals surface area contributed by atoms with Crippen LogP contribution in [-0.2, 0) is 0 Å². The molecule has 0 aliphatic carbocycles. The molecule has 0 bridgehead atoms. The highest BCUT2D eigenvalue weighted by molar-refractivity contribution is 5.86. The monoisotopic (exact) mass is 202 g/mol. The van der Waals surface area contributed by atoms with Crippen molar-refractivity contribution in [3.63, 3.8) is 0 Å². The largest absolute Gasteiger partial charge is 0.373 e. The fourth-order valence-corrected chi connectivity index (χ4v) is 1.94. The van der Waals surface area contributed by atoms with Crippen LogP contribution in [0.4, 0.5) is 5.69 Å². The predicted molar refractivity (Wildman–Crippen MR) is 63.6 cm³/mol. The number of para-hydroxylation sites is 1. The molecule has 0 aliphatic rings. The maximum atomic E-state index is 11.8. The maximum absolute atomic E-state index is 11.8. The smallest absolute Gasteiger partial charge is 0.272 e. The van der Waals surface area contributed by atoms with Crippen LogP contribution in [0.5, 0.6) is 0 Å². The lowest BCUT2D eigenvalue weighted by Gasteiger charge is -2.15. The third-order valence-electron chi connectivity index (χ3n) is 2.60. The van der Waals surface area contributed by atoms with Crippen LogP contribution in [0.2, 0.25) is 0 Å². The Kier molecular flexibility index (Phi) is 2.23. The van der Waals surface area contributed by atoms with E-state index < -0.39 is 0 Å². The number of pyridine rings is 1. The van der Waals surface area contributed by atoms with E-state index in [4.69, 9.17) is 0 Å². The summed E-state index contributed by atoms with van der Waals surface area (Å²) in [6.07, 6.45) is 0. The molecule has 1 aromatic heterocycles. The molecule has 0 fully saturated rings. The van der Waals surface area contributed by atoms with Crippen LogP contribution in [0.15, 0.2) is 29.1 Å². The van der Waals surface area contributed by atoms with Crippen molar-refractivity contribution in [3.8, 4) is 0 Å². The lowest BCUT2D eigenvalue weighted by atomic mass is 10.1. The zero-order valence-corrected chi connectivity index (χ0v) is 9.16. The van der Waals surface area contributed by atoms with Crippen molar-refractivity contribution in [2.75, 3.05) is 19.0 Å². The summed E-state index contributed by atoms with van der Waals surface area (Å²) in [5.41, 5.74) is 2.62. The van der Waals surface area contributed by atoms with Crippen LogP contribution in [0.1, 0.15) is 5.56 Å². The van der Waals surface area contributed by atoms with Gasteiger partial charge in [-0.2, -0.15) is 0 Å². The van der Waals surface area contributed by atoms with Gasteiger partial charge in [0, 0.05) is 25.0 Å². The quantitative estimate of drug-likeness (QED) is 0.766. The van der Waals surface area contributed by atoms with Gasteiger partial charge in [0.2, 0.25) is 0 Å². The first kappa shape index (κ1) is 9.77. The van der Waals surface area contributed by atoms with Crippen molar-refractivity contribution in [2.45, 2.75) is 6.92 Å². The summed E-state index contributed by atoms with van der Waals surface area (Å²) >= 11 is 0. The third-order valence-corrected chi connectivity index (χ3v) is 2.60. The summed E-state index contributed by atoms with van der Waals surface area (Å²) in [5.74, 6) is 0. The van der Waals surface area contributed by atoms with Gasteiger partial charge in [-0.3, -0.25) is 4.79 Å². The number of aryl methyl sites for hydroxylation is 1. The number of anilines is 1. The van der Waals surface area contributed by atoms with Gasteiger partial charge in [-0.25, -0.2) is 0 Å². The second kappa shape index (κ2) is 3.42. The van der Waals surface area contributed by atoms with Gasteiger partial charge in [0.25, 0.3) is 5.56 Å². The highest BCUT2D eigenvalue weighted by atomic mass is 16.1. The minimum absolute atomic E-state index is 0.0313. The van der Waals surface area contributed by atoms with Gasteiger partial charge in [-0.15, -0.1) is 0 Å². The van der Waals surface area contributed by atoms with E-state index >= 15 is 0 Å². The standard InChI is InChI=1S/C12H14N2O/c1-8-9-6-4-5-7-10(9)13-12(15)11(8)14(2)3/h4-7H,1-3H3,(H,13,15). The summed E-state index contributed by atoms with van der Waals surface area (Å²) in [5, 5.41) is 1.10. The SMILES string of the molecule is Cc1c(N(C)C)c(=O)[nH]c2ccccc12. The molecular formula is C12H14N2O. The number of H-pyrrole nitrogens is 1. The summed E-state index contributed by atoms with van der Waals surface area (Å²) in [7, 11) is 3.76. The first-order valence-electron chi connectivity index (χ1n) is 4.90. The fourth-order valence-electron chi connectivity index (χ4n) is 1.94. The molecular weight excluding hydrogens is 188 g/mol. The Balaban J connectivity index is 2.90. The summed E-state index contributed by atoms with van der Waals surface area (Å²) in [6, 6.07) is 7.84. The Morgan fingerprint density at radius 3 is 2.53 bits per heavy atom. The zero-order chi connectivity index (χ0) is 11.0. The number of aromatic amines is 1. The number of benzene rings is 1. The van der Waals surface area contributed by atoms with Crippen molar-refractivity contribution in [3.05, 3.63) is 40.2 Å². The van der Waals surface area contributed by atoms with Crippen molar-refractivity contribution >= 4 is 16.6 Å². The van der Waals surface area contributed by atoms with Gasteiger partial charge in [-0.1, -0.05) is 18.2 Å². The third kappa shape index (κ3) is 1.50. The maximum Gasteiger partial charge on any atom is 0.272 e. The molecule has 0 aliphatic heterocycles. The van der Waals surface area contributed by atoms with Crippen molar-refractivity contribution in [2.24, 2.45) is 0 Å². The molecule has 3 nitrogen and oxygen atoms in total. The number of hydrogen-bond acceptors (Lipinski definition) is 2. The second-order valence-electron chi connectivity index (χ2n) is 3.87. The van der Waals surface area contributed by atoms with Crippen LogP contribution in [0, 0.1) is 6.92 Å². The highest BCUT2D eigenvalue weighted by Gasteiger charge is 2.09. The molecule has 0 radical (unpaired) electrons. The molecule has 3 heteroatoms. The average molecular weight is 202 g/mol. The van der Waals surface area contributed by atoms with E-state index in [-0.39, 0.29) is 5.56 Å². The number of rotatable bonds is 1.